The quantitative estimate of drug-likeness (QED) is 0.743. The van der Waals surface area contributed by atoms with E-state index in [0.717, 1.165) is 25.2 Å². The van der Waals surface area contributed by atoms with Crippen molar-refractivity contribution in [1.82, 2.24) is 15.6 Å². The lowest BCUT2D eigenvalue weighted by atomic mass is 10.2. The van der Waals surface area contributed by atoms with Gasteiger partial charge >= 0.3 is 0 Å². The Labute approximate surface area is 95.3 Å². The summed E-state index contributed by atoms with van der Waals surface area (Å²) in [5, 5.41) is 10.3. The van der Waals surface area contributed by atoms with Gasteiger partial charge in [-0.2, -0.15) is 0 Å². The molecule has 2 N–H and O–H groups in total. The van der Waals surface area contributed by atoms with Crippen LogP contribution < -0.4 is 10.6 Å². The predicted molar refractivity (Wildman–Crippen MR) is 64.4 cm³/mol. The molecular weight excluding hydrogens is 206 g/mol. The smallest absolute Gasteiger partial charge is 0.0940 e. The third-order valence-corrected chi connectivity index (χ3v) is 3.76. The molecule has 4 heteroatoms. The molecule has 0 amide bonds. The predicted octanol–water partition coefficient (Wildman–Crippen LogP) is 1.34. The Morgan fingerprint density at radius 1 is 1.67 bits per heavy atom. The van der Waals surface area contributed by atoms with Gasteiger partial charge in [0.1, 0.15) is 0 Å². The van der Waals surface area contributed by atoms with Crippen LogP contribution in [0.4, 0.5) is 0 Å². The molecule has 1 aliphatic heterocycles. The molecule has 84 valence electrons. The van der Waals surface area contributed by atoms with Gasteiger partial charge in [0, 0.05) is 36.6 Å². The average molecular weight is 225 g/mol. The van der Waals surface area contributed by atoms with E-state index >= 15 is 0 Å². The summed E-state index contributed by atoms with van der Waals surface area (Å²) in [7, 11) is 0. The van der Waals surface area contributed by atoms with Crippen molar-refractivity contribution in [2.24, 2.45) is 0 Å². The van der Waals surface area contributed by atoms with E-state index in [4.69, 9.17) is 0 Å². The lowest BCUT2D eigenvalue weighted by Crippen LogP contribution is -2.34. The van der Waals surface area contributed by atoms with Gasteiger partial charge in [0.15, 0.2) is 0 Å². The molecular formula is C11H19N3S. The van der Waals surface area contributed by atoms with Crippen molar-refractivity contribution in [2.45, 2.75) is 32.2 Å². The molecule has 0 aliphatic carbocycles. The summed E-state index contributed by atoms with van der Waals surface area (Å²) in [6, 6.07) is 0.697. The third kappa shape index (κ3) is 3.55. The summed E-state index contributed by atoms with van der Waals surface area (Å²) in [4.78, 5) is 4.44. The molecule has 3 nitrogen and oxygen atoms in total. The van der Waals surface area contributed by atoms with E-state index in [2.05, 4.69) is 27.9 Å². The third-order valence-electron chi connectivity index (χ3n) is 2.74. The summed E-state index contributed by atoms with van der Waals surface area (Å²) in [5.41, 5.74) is 1.15. The fraction of sp³-hybridized carbons (Fsp3) is 0.727. The lowest BCUT2D eigenvalue weighted by molar-refractivity contribution is 0.537. The topological polar surface area (TPSA) is 37.0 Å². The minimum absolute atomic E-state index is 0.697. The SMILES string of the molecule is Cc1csc(CCNCC2CCCN2)n1. The highest BCUT2D eigenvalue weighted by Crippen LogP contribution is 2.08. The van der Waals surface area contributed by atoms with E-state index in [1.54, 1.807) is 11.3 Å². The Kier molecular flexibility index (Phi) is 4.11. The van der Waals surface area contributed by atoms with Crippen LogP contribution >= 0.6 is 11.3 Å². The summed E-state index contributed by atoms with van der Waals surface area (Å²) in [5.74, 6) is 0. The normalized spacial score (nSPS) is 21.0. The van der Waals surface area contributed by atoms with E-state index in [-0.39, 0.29) is 0 Å². The minimum atomic E-state index is 0.697. The first kappa shape index (κ1) is 11.0. The second kappa shape index (κ2) is 5.58. The molecule has 1 aromatic rings. The number of hydrogen-bond donors (Lipinski definition) is 2. The maximum atomic E-state index is 4.44. The van der Waals surface area contributed by atoms with Crippen LogP contribution in [0.25, 0.3) is 0 Å². The van der Waals surface area contributed by atoms with E-state index in [1.165, 1.54) is 24.4 Å². The van der Waals surface area contributed by atoms with Crippen LogP contribution in [0.1, 0.15) is 23.5 Å². The van der Waals surface area contributed by atoms with Crippen LogP contribution in [0.2, 0.25) is 0 Å². The van der Waals surface area contributed by atoms with E-state index < -0.39 is 0 Å². The van der Waals surface area contributed by atoms with Crippen molar-refractivity contribution in [3.63, 3.8) is 0 Å². The van der Waals surface area contributed by atoms with Gasteiger partial charge in [-0.1, -0.05) is 0 Å². The molecule has 0 spiro atoms. The Morgan fingerprint density at radius 2 is 2.60 bits per heavy atom. The maximum absolute atomic E-state index is 4.44. The van der Waals surface area contributed by atoms with Crippen LogP contribution in [-0.4, -0.2) is 30.7 Å². The Balaban J connectivity index is 1.58. The molecule has 0 bridgehead atoms. The van der Waals surface area contributed by atoms with Crippen LogP contribution in [0, 0.1) is 6.92 Å². The number of aryl methyl sites for hydroxylation is 1. The highest BCUT2D eigenvalue weighted by Gasteiger charge is 2.12. The van der Waals surface area contributed by atoms with Crippen molar-refractivity contribution >= 4 is 11.3 Å². The van der Waals surface area contributed by atoms with Crippen LogP contribution in [-0.2, 0) is 6.42 Å². The van der Waals surface area contributed by atoms with Crippen LogP contribution in [0.5, 0.6) is 0 Å². The van der Waals surface area contributed by atoms with Crippen molar-refractivity contribution in [2.75, 3.05) is 19.6 Å². The number of rotatable bonds is 5. The highest BCUT2D eigenvalue weighted by atomic mass is 32.1. The molecule has 2 heterocycles. The van der Waals surface area contributed by atoms with Crippen molar-refractivity contribution in [3.05, 3.63) is 16.1 Å². The molecule has 1 atom stereocenters. The van der Waals surface area contributed by atoms with E-state index in [9.17, 15) is 0 Å². The van der Waals surface area contributed by atoms with Crippen LogP contribution in [0.3, 0.4) is 0 Å². The first-order valence-electron chi connectivity index (χ1n) is 5.70. The number of hydrogen-bond acceptors (Lipinski definition) is 4. The number of nitrogens with zero attached hydrogens (tertiary/aromatic N) is 1. The molecule has 0 radical (unpaired) electrons. The van der Waals surface area contributed by atoms with Gasteiger partial charge in [0.25, 0.3) is 0 Å². The number of nitrogens with one attached hydrogen (secondary N) is 2. The lowest BCUT2D eigenvalue weighted by Gasteiger charge is -2.10. The van der Waals surface area contributed by atoms with Gasteiger partial charge in [-0.3, -0.25) is 0 Å². The molecule has 1 unspecified atom stereocenters. The fourth-order valence-corrected chi connectivity index (χ4v) is 2.70. The van der Waals surface area contributed by atoms with Gasteiger partial charge < -0.3 is 10.6 Å². The van der Waals surface area contributed by atoms with Crippen molar-refractivity contribution in [1.29, 1.82) is 0 Å². The van der Waals surface area contributed by atoms with Crippen molar-refractivity contribution < 1.29 is 0 Å². The summed E-state index contributed by atoms with van der Waals surface area (Å²) < 4.78 is 0. The maximum Gasteiger partial charge on any atom is 0.0940 e. The first-order chi connectivity index (χ1) is 7.34. The molecule has 1 aliphatic rings. The van der Waals surface area contributed by atoms with Gasteiger partial charge in [-0.25, -0.2) is 4.98 Å². The summed E-state index contributed by atoms with van der Waals surface area (Å²) in [6.07, 6.45) is 3.71. The average Bonchev–Trinajstić information content (AvgIpc) is 2.84. The highest BCUT2D eigenvalue weighted by molar-refractivity contribution is 7.09. The summed E-state index contributed by atoms with van der Waals surface area (Å²) >= 11 is 1.77. The van der Waals surface area contributed by atoms with Gasteiger partial charge in [-0.15, -0.1) is 11.3 Å². The minimum Gasteiger partial charge on any atom is -0.315 e. The van der Waals surface area contributed by atoms with E-state index in [0.29, 0.717) is 6.04 Å². The van der Waals surface area contributed by atoms with Gasteiger partial charge in [-0.05, 0) is 26.3 Å². The summed E-state index contributed by atoms with van der Waals surface area (Å²) in [6.45, 7) is 5.39. The standard InChI is InChI=1S/C11H19N3S/c1-9-8-15-11(14-9)4-6-12-7-10-3-2-5-13-10/h8,10,12-13H,2-7H2,1H3. The molecule has 1 aromatic heterocycles. The molecule has 0 aromatic carbocycles. The Hall–Kier alpha value is -0.450. The molecule has 15 heavy (non-hydrogen) atoms. The number of thiazole rings is 1. The Bertz CT molecular complexity index is 292. The molecule has 0 saturated carbocycles. The first-order valence-corrected chi connectivity index (χ1v) is 6.57. The van der Waals surface area contributed by atoms with E-state index in [1.807, 2.05) is 0 Å². The second-order valence-corrected chi connectivity index (χ2v) is 5.07. The largest absolute Gasteiger partial charge is 0.315 e. The number of aromatic nitrogens is 1. The zero-order chi connectivity index (χ0) is 10.5. The van der Waals surface area contributed by atoms with Crippen molar-refractivity contribution in [3.8, 4) is 0 Å². The fourth-order valence-electron chi connectivity index (χ4n) is 1.92. The zero-order valence-corrected chi connectivity index (χ0v) is 10.1. The van der Waals surface area contributed by atoms with Gasteiger partial charge in [0.2, 0.25) is 0 Å². The second-order valence-electron chi connectivity index (χ2n) is 4.13. The zero-order valence-electron chi connectivity index (χ0n) is 9.25. The van der Waals surface area contributed by atoms with Gasteiger partial charge in [0.05, 0.1) is 5.01 Å². The molecule has 1 saturated heterocycles. The molecule has 1 fully saturated rings. The van der Waals surface area contributed by atoms with Crippen LogP contribution in [0.15, 0.2) is 5.38 Å². The monoisotopic (exact) mass is 225 g/mol. The Morgan fingerprint density at radius 3 is 3.27 bits per heavy atom. The molecule has 2 rings (SSSR count).